The third-order valence-electron chi connectivity index (χ3n) is 0.0781. The zero-order chi connectivity index (χ0) is 4.28. The Kier molecular flexibility index (Phi) is 8.13. The van der Waals surface area contributed by atoms with E-state index >= 15 is 0 Å². The van der Waals surface area contributed by atoms with Gasteiger partial charge in [0.2, 0.25) is 0 Å². The summed E-state index contributed by atoms with van der Waals surface area (Å²) >= 11 is 0. The molecule has 4 radical (unpaired) electrons. The van der Waals surface area contributed by atoms with E-state index < -0.39 is 6.16 Å². The molecule has 0 unspecified atom stereocenters. The summed E-state index contributed by atoms with van der Waals surface area (Å²) in [4.78, 5) is 11.6. The Morgan fingerprint density at radius 1 is 1.67 bits per heavy atom. The molecule has 0 aromatic carbocycles. The summed E-state index contributed by atoms with van der Waals surface area (Å²) in [6, 6.07) is 0. The van der Waals surface area contributed by atoms with Crippen molar-refractivity contribution in [1.82, 2.24) is 0 Å². The van der Waals surface area contributed by atoms with Crippen LogP contribution in [0.15, 0.2) is 0 Å². The Bertz CT molecular complexity index is 42.8. The summed E-state index contributed by atoms with van der Waals surface area (Å²) in [5.74, 6) is 0. The van der Waals surface area contributed by atoms with Gasteiger partial charge in [0.25, 0.3) is 0 Å². The van der Waals surface area contributed by atoms with Crippen LogP contribution in [0.3, 0.4) is 0 Å². The molecule has 0 amide bonds. The van der Waals surface area contributed by atoms with Crippen LogP contribution >= 0.6 is 0 Å². The molecule has 34 valence electrons. The van der Waals surface area contributed by atoms with E-state index in [2.05, 4.69) is 4.89 Å². The molecule has 0 bridgehead atoms. The van der Waals surface area contributed by atoms with E-state index in [9.17, 15) is 0 Å². The third-order valence-corrected chi connectivity index (χ3v) is 0.0781. The molecule has 0 atom stereocenters. The fourth-order valence-electron chi connectivity index (χ4n) is 0. The van der Waals surface area contributed by atoms with Crippen LogP contribution in [0.4, 0.5) is 4.79 Å². The number of carbonyl (C=O) groups is 1. The SMILES string of the molecule is O=C(O)OO.[Pb]. The number of hydrogen-bond acceptors (Lipinski definition) is 3. The minimum Gasteiger partial charge on any atom is -0.448 e. The van der Waals surface area contributed by atoms with Crippen LogP contribution in [0.25, 0.3) is 0 Å². The van der Waals surface area contributed by atoms with E-state index in [1.165, 1.54) is 0 Å². The Morgan fingerprint density at radius 2 is 1.83 bits per heavy atom. The molecule has 0 heterocycles. The molecule has 0 aromatic heterocycles. The van der Waals surface area contributed by atoms with Crippen LogP contribution in [0.2, 0.25) is 0 Å². The standard InChI is InChI=1S/CH2O4.Pb/c2-1(3)5-4;/h4H,(H,2,3);. The normalized spacial score (nSPS) is 5.50. The van der Waals surface area contributed by atoms with Gasteiger partial charge in [0.15, 0.2) is 0 Å². The van der Waals surface area contributed by atoms with Crippen molar-refractivity contribution < 1.29 is 20.0 Å². The molecular formula is CH2O4Pb. The van der Waals surface area contributed by atoms with Crippen molar-refractivity contribution in [3.05, 3.63) is 0 Å². The maximum absolute atomic E-state index is 8.90. The third kappa shape index (κ3) is 8.91. The number of rotatable bonds is 0. The van der Waals surface area contributed by atoms with Gasteiger partial charge in [-0.2, -0.15) is 5.26 Å². The molecule has 0 fully saturated rings. The van der Waals surface area contributed by atoms with Crippen molar-refractivity contribution >= 4 is 33.5 Å². The molecule has 5 heteroatoms. The second kappa shape index (κ2) is 5.15. The van der Waals surface area contributed by atoms with E-state index in [1.807, 2.05) is 0 Å². The van der Waals surface area contributed by atoms with Crippen molar-refractivity contribution in [2.45, 2.75) is 0 Å². The molecule has 4 nitrogen and oxygen atoms in total. The quantitative estimate of drug-likeness (QED) is 0.367. The van der Waals surface area contributed by atoms with Gasteiger partial charge in [0, 0.05) is 27.3 Å². The van der Waals surface area contributed by atoms with Crippen LogP contribution in [-0.4, -0.2) is 43.8 Å². The Balaban J connectivity index is 0. The molecule has 0 aliphatic carbocycles. The van der Waals surface area contributed by atoms with E-state index in [-0.39, 0.29) is 27.3 Å². The largest absolute Gasteiger partial charge is 0.537 e. The maximum atomic E-state index is 8.90. The Morgan fingerprint density at radius 3 is 1.83 bits per heavy atom. The van der Waals surface area contributed by atoms with Crippen LogP contribution < -0.4 is 0 Å². The molecule has 0 spiro atoms. The second-order valence-electron chi connectivity index (χ2n) is 0.357. The average Bonchev–Trinajstić information content (AvgIpc) is 1.38. The van der Waals surface area contributed by atoms with Gasteiger partial charge in [0.1, 0.15) is 0 Å². The molecule has 0 aliphatic heterocycles. The molecule has 2 N–H and O–H groups in total. The van der Waals surface area contributed by atoms with Gasteiger partial charge >= 0.3 is 6.16 Å². The molecular weight excluding hydrogens is 283 g/mol. The Hall–Kier alpha value is 0.152. The maximum Gasteiger partial charge on any atom is 0.537 e. The van der Waals surface area contributed by atoms with Crippen molar-refractivity contribution in [3.8, 4) is 0 Å². The predicted octanol–water partition coefficient (Wildman–Crippen LogP) is -0.227. The molecule has 0 aromatic rings. The first-order chi connectivity index (χ1) is 2.27. The van der Waals surface area contributed by atoms with Crippen molar-refractivity contribution in [1.29, 1.82) is 0 Å². The average molecular weight is 285 g/mol. The summed E-state index contributed by atoms with van der Waals surface area (Å²) in [6.07, 6.45) is -1.69. The summed E-state index contributed by atoms with van der Waals surface area (Å²) in [6.45, 7) is 0. The molecule has 0 rings (SSSR count). The summed E-state index contributed by atoms with van der Waals surface area (Å²) < 4.78 is 0. The number of carboxylic acid groups (broad SMARTS) is 1. The summed E-state index contributed by atoms with van der Waals surface area (Å²) in [5.41, 5.74) is 0. The van der Waals surface area contributed by atoms with Crippen molar-refractivity contribution in [2.75, 3.05) is 0 Å². The molecule has 0 saturated heterocycles. The van der Waals surface area contributed by atoms with Gasteiger partial charge in [-0.25, -0.2) is 4.79 Å². The summed E-state index contributed by atoms with van der Waals surface area (Å²) in [5, 5.41) is 14.3. The van der Waals surface area contributed by atoms with Gasteiger partial charge in [-0.1, -0.05) is 0 Å². The van der Waals surface area contributed by atoms with Crippen LogP contribution in [0.1, 0.15) is 0 Å². The topological polar surface area (TPSA) is 66.8 Å². The molecule has 6 heavy (non-hydrogen) atoms. The second-order valence-corrected chi connectivity index (χ2v) is 0.357. The summed E-state index contributed by atoms with van der Waals surface area (Å²) in [7, 11) is 0. The minimum absolute atomic E-state index is 0. The fourth-order valence-corrected chi connectivity index (χ4v) is 0. The monoisotopic (exact) mass is 286 g/mol. The predicted molar refractivity (Wildman–Crippen MR) is 17.5 cm³/mol. The van der Waals surface area contributed by atoms with E-state index in [1.54, 1.807) is 0 Å². The number of hydrogen-bond donors (Lipinski definition) is 2. The van der Waals surface area contributed by atoms with Crippen molar-refractivity contribution in [2.24, 2.45) is 0 Å². The van der Waals surface area contributed by atoms with Gasteiger partial charge in [-0.3, -0.25) is 4.89 Å². The van der Waals surface area contributed by atoms with Crippen LogP contribution in [-0.2, 0) is 4.89 Å². The van der Waals surface area contributed by atoms with Gasteiger partial charge in [-0.05, 0) is 0 Å². The first-order valence-corrected chi connectivity index (χ1v) is 0.814. The van der Waals surface area contributed by atoms with Crippen molar-refractivity contribution in [3.63, 3.8) is 0 Å². The Labute approximate surface area is 53.8 Å². The molecule has 0 saturated carbocycles. The van der Waals surface area contributed by atoms with Gasteiger partial charge in [0.05, 0.1) is 0 Å². The van der Waals surface area contributed by atoms with E-state index in [0.717, 1.165) is 0 Å². The zero-order valence-electron chi connectivity index (χ0n) is 2.71. The van der Waals surface area contributed by atoms with Crippen LogP contribution in [0, 0.1) is 0 Å². The van der Waals surface area contributed by atoms with Gasteiger partial charge in [-0.15, -0.1) is 0 Å². The fraction of sp³-hybridized carbons (Fsp3) is 0. The first-order valence-electron chi connectivity index (χ1n) is 0.814. The first kappa shape index (κ1) is 9.47. The smallest absolute Gasteiger partial charge is 0.448 e. The molecule has 0 aliphatic rings. The van der Waals surface area contributed by atoms with E-state index in [4.69, 9.17) is 15.2 Å². The van der Waals surface area contributed by atoms with Gasteiger partial charge < -0.3 is 5.11 Å². The minimum atomic E-state index is -1.69. The zero-order valence-corrected chi connectivity index (χ0v) is 6.60. The van der Waals surface area contributed by atoms with Crippen LogP contribution in [0.5, 0.6) is 0 Å². The van der Waals surface area contributed by atoms with E-state index in [0.29, 0.717) is 0 Å².